The van der Waals surface area contributed by atoms with Crippen molar-refractivity contribution in [3.63, 3.8) is 0 Å². The van der Waals surface area contributed by atoms with Crippen LogP contribution in [0.25, 0.3) is 0 Å². The molecule has 0 aromatic carbocycles. The second kappa shape index (κ2) is 4.30. The normalized spacial score (nSPS) is 31.1. The van der Waals surface area contributed by atoms with E-state index >= 15 is 0 Å². The van der Waals surface area contributed by atoms with Crippen molar-refractivity contribution in [1.29, 1.82) is 0 Å². The van der Waals surface area contributed by atoms with Gasteiger partial charge in [0.25, 0.3) is 0 Å². The summed E-state index contributed by atoms with van der Waals surface area (Å²) in [7, 11) is 0. The van der Waals surface area contributed by atoms with Crippen LogP contribution in [-0.4, -0.2) is 18.6 Å². The molecule has 1 saturated carbocycles. The van der Waals surface area contributed by atoms with E-state index in [1.54, 1.807) is 0 Å². The quantitative estimate of drug-likeness (QED) is 0.689. The summed E-state index contributed by atoms with van der Waals surface area (Å²) < 4.78 is 5.03. The van der Waals surface area contributed by atoms with E-state index < -0.39 is 0 Å². The van der Waals surface area contributed by atoms with Gasteiger partial charge in [0.05, 0.1) is 12.5 Å². The Bertz CT molecular complexity index is 213. The summed E-state index contributed by atoms with van der Waals surface area (Å²) in [5, 5.41) is 0. The van der Waals surface area contributed by atoms with Crippen molar-refractivity contribution in [3.8, 4) is 0 Å². The summed E-state index contributed by atoms with van der Waals surface area (Å²) in [5.74, 6) is 0.0113. The molecule has 0 amide bonds. The van der Waals surface area contributed by atoms with Crippen LogP contribution in [-0.2, 0) is 9.53 Å². The molecule has 1 aliphatic carbocycles. The van der Waals surface area contributed by atoms with Gasteiger partial charge in [0.2, 0.25) is 0 Å². The molecule has 0 radical (unpaired) electrons. The van der Waals surface area contributed by atoms with Crippen molar-refractivity contribution < 1.29 is 9.53 Å². The van der Waals surface area contributed by atoms with E-state index in [2.05, 4.69) is 13.8 Å². The third-order valence-electron chi connectivity index (χ3n) is 3.22. The van der Waals surface area contributed by atoms with E-state index in [4.69, 9.17) is 10.5 Å². The Hall–Kier alpha value is -0.570. The molecule has 1 aliphatic rings. The number of rotatable bonds is 2. The fourth-order valence-corrected chi connectivity index (χ4v) is 2.12. The summed E-state index contributed by atoms with van der Waals surface area (Å²) in [6.07, 6.45) is 2.66. The third kappa shape index (κ3) is 2.47. The van der Waals surface area contributed by atoms with Gasteiger partial charge < -0.3 is 10.5 Å². The van der Waals surface area contributed by atoms with Gasteiger partial charge in [-0.3, -0.25) is 4.79 Å². The minimum absolute atomic E-state index is 0.0486. The summed E-state index contributed by atoms with van der Waals surface area (Å²) >= 11 is 0. The van der Waals surface area contributed by atoms with E-state index in [9.17, 15) is 4.79 Å². The van der Waals surface area contributed by atoms with Crippen LogP contribution in [0.5, 0.6) is 0 Å². The van der Waals surface area contributed by atoms with E-state index in [0.29, 0.717) is 6.61 Å². The largest absolute Gasteiger partial charge is 0.466 e. The summed E-state index contributed by atoms with van der Waals surface area (Å²) in [5.41, 5.74) is 6.06. The van der Waals surface area contributed by atoms with Crippen LogP contribution in [0.15, 0.2) is 0 Å². The maximum atomic E-state index is 11.5. The highest BCUT2D eigenvalue weighted by atomic mass is 16.5. The molecule has 0 heterocycles. The van der Waals surface area contributed by atoms with Crippen LogP contribution in [0.3, 0.4) is 0 Å². The standard InChI is InChI=1S/C11H21NO2/c1-4-14-10(13)8-5-6-9(12)11(2,3)7-8/h8-9H,4-7,12H2,1-3H3/t8-,9-/m0/s1. The molecule has 14 heavy (non-hydrogen) atoms. The van der Waals surface area contributed by atoms with Gasteiger partial charge in [-0.25, -0.2) is 0 Å². The minimum Gasteiger partial charge on any atom is -0.466 e. The van der Waals surface area contributed by atoms with Crippen LogP contribution in [0.2, 0.25) is 0 Å². The molecule has 0 saturated heterocycles. The van der Waals surface area contributed by atoms with Gasteiger partial charge in [-0.05, 0) is 31.6 Å². The van der Waals surface area contributed by atoms with E-state index in [1.165, 1.54) is 0 Å². The summed E-state index contributed by atoms with van der Waals surface area (Å²) in [4.78, 5) is 11.5. The lowest BCUT2D eigenvalue weighted by Gasteiger charge is -2.39. The molecular formula is C11H21NO2. The van der Waals surface area contributed by atoms with Crippen molar-refractivity contribution >= 4 is 5.97 Å². The first-order chi connectivity index (χ1) is 6.47. The van der Waals surface area contributed by atoms with Crippen molar-refractivity contribution in [1.82, 2.24) is 0 Å². The van der Waals surface area contributed by atoms with Gasteiger partial charge in [0, 0.05) is 6.04 Å². The summed E-state index contributed by atoms with van der Waals surface area (Å²) in [6.45, 7) is 6.57. The zero-order valence-corrected chi connectivity index (χ0v) is 9.38. The number of carbonyl (C=O) groups excluding carboxylic acids is 1. The Morgan fingerprint density at radius 2 is 2.14 bits per heavy atom. The second-order valence-corrected chi connectivity index (χ2v) is 4.83. The molecule has 0 aromatic rings. The molecule has 1 fully saturated rings. The lowest BCUT2D eigenvalue weighted by molar-refractivity contribution is -0.150. The lowest BCUT2D eigenvalue weighted by atomic mass is 9.69. The first-order valence-electron chi connectivity index (χ1n) is 5.39. The maximum absolute atomic E-state index is 11.5. The third-order valence-corrected chi connectivity index (χ3v) is 3.22. The zero-order chi connectivity index (χ0) is 10.8. The van der Waals surface area contributed by atoms with Gasteiger partial charge in [0.15, 0.2) is 0 Å². The van der Waals surface area contributed by atoms with Crippen molar-refractivity contribution in [2.75, 3.05) is 6.61 Å². The van der Waals surface area contributed by atoms with Crippen molar-refractivity contribution in [3.05, 3.63) is 0 Å². The van der Waals surface area contributed by atoms with Crippen LogP contribution in [0.1, 0.15) is 40.0 Å². The highest BCUT2D eigenvalue weighted by Gasteiger charge is 2.37. The highest BCUT2D eigenvalue weighted by molar-refractivity contribution is 5.72. The molecule has 0 bridgehead atoms. The number of nitrogens with two attached hydrogens (primary N) is 1. The fourth-order valence-electron chi connectivity index (χ4n) is 2.12. The van der Waals surface area contributed by atoms with Crippen LogP contribution < -0.4 is 5.73 Å². The van der Waals surface area contributed by atoms with Gasteiger partial charge in [-0.1, -0.05) is 13.8 Å². The zero-order valence-electron chi connectivity index (χ0n) is 9.38. The molecule has 2 N–H and O–H groups in total. The van der Waals surface area contributed by atoms with E-state index in [-0.39, 0.29) is 23.3 Å². The molecule has 0 spiro atoms. The van der Waals surface area contributed by atoms with E-state index in [1.807, 2.05) is 6.92 Å². The predicted octanol–water partition coefficient (Wildman–Crippen LogP) is 1.70. The molecule has 0 aliphatic heterocycles. The fraction of sp³-hybridized carbons (Fsp3) is 0.909. The Morgan fingerprint density at radius 1 is 1.50 bits per heavy atom. The van der Waals surface area contributed by atoms with Gasteiger partial charge in [-0.2, -0.15) is 0 Å². The smallest absolute Gasteiger partial charge is 0.308 e. The van der Waals surface area contributed by atoms with Gasteiger partial charge >= 0.3 is 5.97 Å². The van der Waals surface area contributed by atoms with Gasteiger partial charge in [-0.15, -0.1) is 0 Å². The molecular weight excluding hydrogens is 178 g/mol. The second-order valence-electron chi connectivity index (χ2n) is 4.83. The van der Waals surface area contributed by atoms with Crippen molar-refractivity contribution in [2.45, 2.75) is 46.1 Å². The van der Waals surface area contributed by atoms with Crippen LogP contribution in [0.4, 0.5) is 0 Å². The molecule has 2 atom stereocenters. The predicted molar refractivity (Wildman–Crippen MR) is 55.7 cm³/mol. The van der Waals surface area contributed by atoms with Crippen LogP contribution >= 0.6 is 0 Å². The molecule has 3 nitrogen and oxygen atoms in total. The Kier molecular flexibility index (Phi) is 3.53. The number of carbonyl (C=O) groups is 1. The Labute approximate surface area is 86.0 Å². The highest BCUT2D eigenvalue weighted by Crippen LogP contribution is 2.38. The Morgan fingerprint density at radius 3 is 2.64 bits per heavy atom. The van der Waals surface area contributed by atoms with Crippen LogP contribution in [0, 0.1) is 11.3 Å². The maximum Gasteiger partial charge on any atom is 0.308 e. The first kappa shape index (κ1) is 11.5. The number of esters is 1. The molecule has 1 rings (SSSR count). The average Bonchev–Trinajstić information content (AvgIpc) is 2.10. The van der Waals surface area contributed by atoms with Crippen molar-refractivity contribution in [2.24, 2.45) is 17.1 Å². The molecule has 0 unspecified atom stereocenters. The molecule has 82 valence electrons. The van der Waals surface area contributed by atoms with E-state index in [0.717, 1.165) is 19.3 Å². The molecule has 3 heteroatoms. The first-order valence-corrected chi connectivity index (χ1v) is 5.39. The number of ether oxygens (including phenoxy) is 1. The molecule has 0 aromatic heterocycles. The lowest BCUT2D eigenvalue weighted by Crippen LogP contribution is -2.44. The SMILES string of the molecule is CCOC(=O)[C@H]1CC[C@H](N)C(C)(C)C1. The van der Waals surface area contributed by atoms with Gasteiger partial charge in [0.1, 0.15) is 0 Å². The Balaban J connectivity index is 2.55. The monoisotopic (exact) mass is 199 g/mol. The topological polar surface area (TPSA) is 52.3 Å². The average molecular weight is 199 g/mol. The number of hydrogen-bond acceptors (Lipinski definition) is 3. The number of hydrogen-bond donors (Lipinski definition) is 1. The summed E-state index contributed by atoms with van der Waals surface area (Å²) in [6, 6.07) is 0.216. The minimum atomic E-state index is -0.0486.